The van der Waals surface area contributed by atoms with Crippen LogP contribution in [0.3, 0.4) is 0 Å². The maximum Gasteiger partial charge on any atom is 0.0547 e. The van der Waals surface area contributed by atoms with Crippen molar-refractivity contribution >= 4 is 113 Å². The van der Waals surface area contributed by atoms with Crippen molar-refractivity contribution in [1.29, 1.82) is 0 Å². The first kappa shape index (κ1) is 31.6. The van der Waals surface area contributed by atoms with E-state index in [0.717, 1.165) is 22.7 Å². The molecule has 0 saturated heterocycles. The molecular weight excluding hydrogens is 717 g/mol. The first-order chi connectivity index (χ1) is 27.7. The lowest BCUT2D eigenvalue weighted by atomic mass is 10.0. The summed E-state index contributed by atoms with van der Waals surface area (Å²) in [6.45, 7) is 0. The number of hydrogen-bond donors (Lipinski definition) is 0. The number of benzene rings is 9. The summed E-state index contributed by atoms with van der Waals surface area (Å²) >= 11 is 3.72. The summed E-state index contributed by atoms with van der Waals surface area (Å²) in [5, 5.41) is 10.4. The van der Waals surface area contributed by atoms with Crippen LogP contribution in [-0.4, -0.2) is 4.57 Å². The van der Waals surface area contributed by atoms with Gasteiger partial charge in [0.25, 0.3) is 0 Å². The second-order valence-corrected chi connectivity index (χ2v) is 16.7. The maximum absolute atomic E-state index is 2.41. The minimum atomic E-state index is 1.13. The van der Waals surface area contributed by atoms with E-state index in [0.29, 0.717) is 0 Å². The van der Waals surface area contributed by atoms with Crippen molar-refractivity contribution in [1.82, 2.24) is 4.57 Å². The van der Waals surface area contributed by atoms with Crippen molar-refractivity contribution < 1.29 is 0 Å². The number of thiophene rings is 2. The van der Waals surface area contributed by atoms with Crippen LogP contribution in [0.5, 0.6) is 0 Å². The van der Waals surface area contributed by atoms with Crippen molar-refractivity contribution in [2.75, 3.05) is 4.90 Å². The highest BCUT2D eigenvalue weighted by Crippen LogP contribution is 2.44. The zero-order valence-electron chi connectivity index (χ0n) is 30.2. The molecule has 0 fully saturated rings. The van der Waals surface area contributed by atoms with Gasteiger partial charge in [0.1, 0.15) is 0 Å². The Morgan fingerprint density at radius 3 is 1.68 bits per heavy atom. The molecule has 0 amide bonds. The summed E-state index contributed by atoms with van der Waals surface area (Å²) in [5.74, 6) is 0. The topological polar surface area (TPSA) is 8.17 Å². The third kappa shape index (κ3) is 4.86. The zero-order chi connectivity index (χ0) is 36.7. The predicted molar refractivity (Wildman–Crippen MR) is 244 cm³/mol. The van der Waals surface area contributed by atoms with Crippen LogP contribution in [0.15, 0.2) is 194 Å². The first-order valence-corrected chi connectivity index (χ1v) is 20.6. The number of anilines is 3. The van der Waals surface area contributed by atoms with Gasteiger partial charge in [0, 0.05) is 73.9 Å². The van der Waals surface area contributed by atoms with Gasteiger partial charge in [-0.2, -0.15) is 0 Å². The quantitative estimate of drug-likeness (QED) is 0.170. The Labute approximate surface area is 331 Å². The van der Waals surface area contributed by atoms with E-state index in [-0.39, 0.29) is 0 Å². The van der Waals surface area contributed by atoms with Crippen LogP contribution in [0.4, 0.5) is 17.1 Å². The van der Waals surface area contributed by atoms with Gasteiger partial charge in [-0.3, -0.25) is 0 Å². The molecule has 0 bridgehead atoms. The van der Waals surface area contributed by atoms with E-state index in [1.807, 2.05) is 22.7 Å². The molecule has 12 rings (SSSR count). The highest BCUT2D eigenvalue weighted by molar-refractivity contribution is 7.26. The van der Waals surface area contributed by atoms with E-state index in [4.69, 9.17) is 0 Å². The summed E-state index contributed by atoms with van der Waals surface area (Å²) in [6, 6.07) is 71.4. The van der Waals surface area contributed by atoms with Gasteiger partial charge in [0.2, 0.25) is 0 Å². The van der Waals surface area contributed by atoms with Crippen LogP contribution in [-0.2, 0) is 0 Å². The van der Waals surface area contributed by atoms with Gasteiger partial charge in [0.05, 0.1) is 11.0 Å². The Hall–Kier alpha value is -6.72. The summed E-state index contributed by atoms with van der Waals surface area (Å²) in [7, 11) is 0. The molecule has 0 aliphatic carbocycles. The predicted octanol–water partition coefficient (Wildman–Crippen LogP) is 15.8. The summed E-state index contributed by atoms with van der Waals surface area (Å²) in [4.78, 5) is 2.41. The van der Waals surface area contributed by atoms with E-state index in [1.165, 1.54) is 84.0 Å². The molecule has 0 N–H and O–H groups in total. The maximum atomic E-state index is 2.41. The molecule has 262 valence electrons. The van der Waals surface area contributed by atoms with Gasteiger partial charge in [-0.05, 0) is 101 Å². The molecule has 4 heteroatoms. The average molecular weight is 749 g/mol. The standard InChI is InChI=1S/C52H32N2S2/c1-2-10-40-35(9-1)21-29-47-52(40)44-13-3-6-14-46(44)54(47)37-24-19-34(20-25-37)33-17-22-36(23-18-33)53(38-27-30-50-45(31-38)42-12-5-8-16-49(42)55-50)39-26-28-43-41-11-4-7-15-48(41)56-51(43)32-39/h1-32H. The van der Waals surface area contributed by atoms with Crippen molar-refractivity contribution in [2.45, 2.75) is 0 Å². The molecule has 0 aliphatic rings. The molecule has 56 heavy (non-hydrogen) atoms. The lowest BCUT2D eigenvalue weighted by Crippen LogP contribution is -2.09. The molecular formula is C52H32N2S2. The molecule has 0 spiro atoms. The molecule has 9 aromatic carbocycles. The van der Waals surface area contributed by atoms with Crippen molar-refractivity contribution in [2.24, 2.45) is 0 Å². The van der Waals surface area contributed by atoms with Gasteiger partial charge < -0.3 is 9.47 Å². The second kappa shape index (κ2) is 12.4. The minimum absolute atomic E-state index is 1.13. The molecule has 3 heterocycles. The number of rotatable bonds is 5. The van der Waals surface area contributed by atoms with Crippen LogP contribution in [0, 0.1) is 0 Å². The van der Waals surface area contributed by atoms with E-state index in [1.54, 1.807) is 0 Å². The van der Waals surface area contributed by atoms with E-state index >= 15 is 0 Å². The molecule has 0 unspecified atom stereocenters. The number of hydrogen-bond acceptors (Lipinski definition) is 3. The molecule has 12 aromatic rings. The van der Waals surface area contributed by atoms with Gasteiger partial charge in [-0.1, -0.05) is 115 Å². The highest BCUT2D eigenvalue weighted by Gasteiger charge is 2.18. The fraction of sp³-hybridized carbons (Fsp3) is 0. The zero-order valence-corrected chi connectivity index (χ0v) is 31.8. The average Bonchev–Trinajstić information content (AvgIpc) is 3.93. The summed E-state index contributed by atoms with van der Waals surface area (Å²) in [6.07, 6.45) is 0. The molecule has 3 aromatic heterocycles. The van der Waals surface area contributed by atoms with Crippen LogP contribution in [0.25, 0.3) is 89.7 Å². The summed E-state index contributed by atoms with van der Waals surface area (Å²) < 4.78 is 7.65. The molecule has 2 nitrogen and oxygen atoms in total. The molecule has 0 saturated carbocycles. The third-order valence-electron chi connectivity index (χ3n) is 11.4. The van der Waals surface area contributed by atoms with E-state index in [2.05, 4.69) is 204 Å². The Kier molecular flexibility index (Phi) is 7.00. The fourth-order valence-corrected chi connectivity index (χ4v) is 11.0. The van der Waals surface area contributed by atoms with Crippen molar-refractivity contribution in [3.05, 3.63) is 194 Å². The second-order valence-electron chi connectivity index (χ2n) is 14.5. The van der Waals surface area contributed by atoms with Gasteiger partial charge >= 0.3 is 0 Å². The largest absolute Gasteiger partial charge is 0.310 e. The fourth-order valence-electron chi connectivity index (χ4n) is 8.78. The van der Waals surface area contributed by atoms with Crippen molar-refractivity contribution in [3.63, 3.8) is 0 Å². The Bertz CT molecular complexity index is 3480. The first-order valence-electron chi connectivity index (χ1n) is 19.0. The highest BCUT2D eigenvalue weighted by atomic mass is 32.1. The van der Waals surface area contributed by atoms with E-state index < -0.39 is 0 Å². The SMILES string of the molecule is c1ccc2c(c1)ccc1c2c2ccccc2n1-c1ccc(-c2ccc(N(c3ccc4c(c3)sc3ccccc34)c3ccc4sc5ccccc5c4c3)cc2)cc1. The van der Waals surface area contributed by atoms with Crippen LogP contribution in [0.1, 0.15) is 0 Å². The van der Waals surface area contributed by atoms with Crippen LogP contribution >= 0.6 is 22.7 Å². The normalized spacial score (nSPS) is 11.9. The van der Waals surface area contributed by atoms with Crippen molar-refractivity contribution in [3.8, 4) is 16.8 Å². The molecule has 0 atom stereocenters. The molecule has 0 aliphatic heterocycles. The monoisotopic (exact) mass is 748 g/mol. The Morgan fingerprint density at radius 1 is 0.339 bits per heavy atom. The smallest absolute Gasteiger partial charge is 0.0547 e. The number of fused-ring (bicyclic) bond motifs is 11. The van der Waals surface area contributed by atoms with Crippen LogP contribution < -0.4 is 4.90 Å². The van der Waals surface area contributed by atoms with Gasteiger partial charge in [-0.25, -0.2) is 0 Å². The lowest BCUT2D eigenvalue weighted by Gasteiger charge is -2.26. The lowest BCUT2D eigenvalue weighted by molar-refractivity contribution is 1.18. The summed E-state index contributed by atoms with van der Waals surface area (Å²) in [5.41, 5.74) is 9.41. The minimum Gasteiger partial charge on any atom is -0.310 e. The van der Waals surface area contributed by atoms with E-state index in [9.17, 15) is 0 Å². The van der Waals surface area contributed by atoms with Crippen LogP contribution in [0.2, 0.25) is 0 Å². The third-order valence-corrected chi connectivity index (χ3v) is 13.7. The number of nitrogens with zero attached hydrogens (tertiary/aromatic N) is 2. The Morgan fingerprint density at radius 2 is 0.893 bits per heavy atom. The van der Waals surface area contributed by atoms with Gasteiger partial charge in [0.15, 0.2) is 0 Å². The molecule has 0 radical (unpaired) electrons. The van der Waals surface area contributed by atoms with Gasteiger partial charge in [-0.15, -0.1) is 22.7 Å². The number of aromatic nitrogens is 1. The number of para-hydroxylation sites is 1. The Balaban J connectivity index is 0.951.